The molecule has 2 aromatic carbocycles. The fourth-order valence-electron chi connectivity index (χ4n) is 2.68. The predicted octanol–water partition coefficient (Wildman–Crippen LogP) is 4.46. The van der Waals surface area contributed by atoms with Crippen LogP contribution in [0.15, 0.2) is 42.5 Å². The average molecular weight is 367 g/mol. The summed E-state index contributed by atoms with van der Waals surface area (Å²) in [6, 6.07) is 11.5. The van der Waals surface area contributed by atoms with Gasteiger partial charge in [-0.2, -0.15) is 0 Å². The van der Waals surface area contributed by atoms with Crippen molar-refractivity contribution < 1.29 is 13.9 Å². The molecule has 0 unspecified atom stereocenters. The third-order valence-corrected chi connectivity index (χ3v) is 4.38. The van der Waals surface area contributed by atoms with E-state index in [4.69, 9.17) is 14.7 Å². The van der Waals surface area contributed by atoms with Crippen molar-refractivity contribution >= 4 is 22.8 Å². The summed E-state index contributed by atoms with van der Waals surface area (Å²) in [6.07, 6.45) is 0. The van der Waals surface area contributed by atoms with Crippen molar-refractivity contribution in [3.8, 4) is 11.3 Å². The van der Waals surface area contributed by atoms with Gasteiger partial charge in [0, 0.05) is 18.7 Å². The van der Waals surface area contributed by atoms with E-state index in [0.29, 0.717) is 34.7 Å². The first kappa shape index (κ1) is 18.8. The molecule has 0 saturated carbocycles. The Hall–Kier alpha value is -3.02. The summed E-state index contributed by atoms with van der Waals surface area (Å²) in [7, 11) is 1.93. The summed E-state index contributed by atoms with van der Waals surface area (Å²) in [5.74, 6) is -0.0157. The van der Waals surface area contributed by atoms with Gasteiger partial charge in [0.2, 0.25) is 0 Å². The standard InChI is InChI=1S/C21H22FN3O2/c1-5-27-21(26)15-8-11-17-18(12-15)24-20(25(4)13(2)3)19(23-17)14-6-9-16(22)10-7-14/h6-13H,5H2,1-4H3. The molecular weight excluding hydrogens is 345 g/mol. The Kier molecular flexibility index (Phi) is 5.35. The van der Waals surface area contributed by atoms with Crippen LogP contribution in [0.1, 0.15) is 31.1 Å². The topological polar surface area (TPSA) is 55.3 Å². The summed E-state index contributed by atoms with van der Waals surface area (Å²) < 4.78 is 18.4. The maximum atomic E-state index is 13.3. The molecule has 0 spiro atoms. The second-order valence-electron chi connectivity index (χ2n) is 6.53. The fraction of sp³-hybridized carbons (Fsp3) is 0.286. The van der Waals surface area contributed by atoms with Gasteiger partial charge in [0.05, 0.1) is 23.2 Å². The Morgan fingerprint density at radius 1 is 1.11 bits per heavy atom. The first-order chi connectivity index (χ1) is 12.9. The molecule has 6 heteroatoms. The van der Waals surface area contributed by atoms with Crippen LogP contribution in [-0.4, -0.2) is 35.6 Å². The van der Waals surface area contributed by atoms with Gasteiger partial charge in [0.15, 0.2) is 5.82 Å². The van der Waals surface area contributed by atoms with E-state index in [0.717, 1.165) is 5.56 Å². The lowest BCUT2D eigenvalue weighted by Gasteiger charge is -2.25. The average Bonchev–Trinajstić information content (AvgIpc) is 2.66. The highest BCUT2D eigenvalue weighted by Gasteiger charge is 2.18. The van der Waals surface area contributed by atoms with Crippen molar-refractivity contribution in [1.29, 1.82) is 0 Å². The predicted molar refractivity (Wildman–Crippen MR) is 104 cm³/mol. The molecule has 3 rings (SSSR count). The fourth-order valence-corrected chi connectivity index (χ4v) is 2.68. The normalized spacial score (nSPS) is 11.0. The van der Waals surface area contributed by atoms with Crippen LogP contribution in [0.25, 0.3) is 22.3 Å². The van der Waals surface area contributed by atoms with Gasteiger partial charge >= 0.3 is 5.97 Å². The number of hydrogen-bond acceptors (Lipinski definition) is 5. The smallest absolute Gasteiger partial charge is 0.338 e. The van der Waals surface area contributed by atoms with E-state index in [1.165, 1.54) is 12.1 Å². The molecular formula is C21H22FN3O2. The van der Waals surface area contributed by atoms with Crippen molar-refractivity contribution in [3.05, 3.63) is 53.8 Å². The van der Waals surface area contributed by atoms with Crippen LogP contribution < -0.4 is 4.90 Å². The molecule has 3 aromatic rings. The highest BCUT2D eigenvalue weighted by atomic mass is 19.1. The van der Waals surface area contributed by atoms with Crippen molar-refractivity contribution in [2.24, 2.45) is 0 Å². The summed E-state index contributed by atoms with van der Waals surface area (Å²) in [5.41, 5.74) is 3.15. The van der Waals surface area contributed by atoms with Crippen molar-refractivity contribution in [3.63, 3.8) is 0 Å². The minimum Gasteiger partial charge on any atom is -0.462 e. The quantitative estimate of drug-likeness (QED) is 0.623. The lowest BCUT2D eigenvalue weighted by molar-refractivity contribution is 0.0526. The molecule has 0 aliphatic carbocycles. The summed E-state index contributed by atoms with van der Waals surface area (Å²) in [4.78, 5) is 23.5. The van der Waals surface area contributed by atoms with Crippen LogP contribution >= 0.6 is 0 Å². The molecule has 0 aliphatic heterocycles. The van der Waals surface area contributed by atoms with Gasteiger partial charge in [-0.25, -0.2) is 19.2 Å². The van der Waals surface area contributed by atoms with Gasteiger partial charge in [-0.15, -0.1) is 0 Å². The zero-order chi connectivity index (χ0) is 19.6. The summed E-state index contributed by atoms with van der Waals surface area (Å²) in [6.45, 7) is 6.18. The highest BCUT2D eigenvalue weighted by Crippen LogP contribution is 2.30. The zero-order valence-corrected chi connectivity index (χ0v) is 15.9. The molecule has 0 amide bonds. The molecule has 140 valence electrons. The monoisotopic (exact) mass is 367 g/mol. The number of aromatic nitrogens is 2. The van der Waals surface area contributed by atoms with E-state index in [1.807, 2.05) is 11.9 Å². The third kappa shape index (κ3) is 3.89. The maximum Gasteiger partial charge on any atom is 0.338 e. The minimum absolute atomic E-state index is 0.184. The van der Waals surface area contributed by atoms with Crippen LogP contribution in [-0.2, 0) is 4.74 Å². The van der Waals surface area contributed by atoms with Crippen molar-refractivity contribution in [2.45, 2.75) is 26.8 Å². The van der Waals surface area contributed by atoms with Crippen LogP contribution in [0.3, 0.4) is 0 Å². The Bertz CT molecular complexity index is 971. The zero-order valence-electron chi connectivity index (χ0n) is 15.9. The van der Waals surface area contributed by atoms with E-state index >= 15 is 0 Å². The molecule has 0 fully saturated rings. The molecule has 5 nitrogen and oxygen atoms in total. The van der Waals surface area contributed by atoms with E-state index in [-0.39, 0.29) is 17.8 Å². The van der Waals surface area contributed by atoms with Gasteiger partial charge in [0.25, 0.3) is 0 Å². The Morgan fingerprint density at radius 3 is 2.44 bits per heavy atom. The Balaban J connectivity index is 2.18. The van der Waals surface area contributed by atoms with Gasteiger partial charge in [-0.1, -0.05) is 0 Å². The number of halogens is 1. The van der Waals surface area contributed by atoms with Crippen molar-refractivity contribution in [1.82, 2.24) is 9.97 Å². The number of ether oxygens (including phenoxy) is 1. The molecule has 0 bridgehead atoms. The first-order valence-electron chi connectivity index (χ1n) is 8.88. The molecule has 27 heavy (non-hydrogen) atoms. The minimum atomic E-state index is -0.387. The molecule has 0 saturated heterocycles. The van der Waals surface area contributed by atoms with E-state index in [1.54, 1.807) is 37.3 Å². The van der Waals surface area contributed by atoms with E-state index < -0.39 is 0 Å². The summed E-state index contributed by atoms with van der Waals surface area (Å²) in [5, 5.41) is 0. The number of benzene rings is 2. The highest BCUT2D eigenvalue weighted by molar-refractivity contribution is 5.94. The largest absolute Gasteiger partial charge is 0.462 e. The van der Waals surface area contributed by atoms with Crippen molar-refractivity contribution in [2.75, 3.05) is 18.6 Å². The Morgan fingerprint density at radius 2 is 1.81 bits per heavy atom. The first-order valence-corrected chi connectivity index (χ1v) is 8.88. The van der Waals surface area contributed by atoms with Crippen LogP contribution in [0.5, 0.6) is 0 Å². The number of nitrogens with zero attached hydrogens (tertiary/aromatic N) is 3. The third-order valence-electron chi connectivity index (χ3n) is 4.38. The molecule has 0 radical (unpaired) electrons. The Labute approximate surface area is 157 Å². The number of rotatable bonds is 5. The maximum absolute atomic E-state index is 13.3. The lowest BCUT2D eigenvalue weighted by atomic mass is 10.1. The van der Waals surface area contributed by atoms with Gasteiger partial charge in [-0.05, 0) is 63.2 Å². The molecule has 0 aliphatic rings. The molecule has 0 N–H and O–H groups in total. The lowest BCUT2D eigenvalue weighted by Crippen LogP contribution is -2.27. The molecule has 1 aromatic heterocycles. The van der Waals surface area contributed by atoms with Gasteiger partial charge in [-0.3, -0.25) is 0 Å². The molecule has 0 atom stereocenters. The SMILES string of the molecule is CCOC(=O)c1ccc2nc(-c3ccc(F)cc3)c(N(C)C(C)C)nc2c1. The number of fused-ring (bicyclic) bond motifs is 1. The van der Waals surface area contributed by atoms with E-state index in [2.05, 4.69) is 13.8 Å². The summed E-state index contributed by atoms with van der Waals surface area (Å²) >= 11 is 0. The van der Waals surface area contributed by atoms with Crippen LogP contribution in [0.2, 0.25) is 0 Å². The second-order valence-corrected chi connectivity index (χ2v) is 6.53. The number of hydrogen-bond donors (Lipinski definition) is 0. The number of anilines is 1. The second kappa shape index (κ2) is 7.70. The van der Waals surface area contributed by atoms with Crippen LogP contribution in [0.4, 0.5) is 10.2 Å². The van der Waals surface area contributed by atoms with Crippen LogP contribution in [0, 0.1) is 5.82 Å². The van der Waals surface area contributed by atoms with Gasteiger partial charge < -0.3 is 9.64 Å². The molecule has 1 heterocycles. The number of carbonyl (C=O) groups is 1. The van der Waals surface area contributed by atoms with Gasteiger partial charge in [0.1, 0.15) is 11.5 Å². The number of carbonyl (C=O) groups excluding carboxylic acids is 1. The van der Waals surface area contributed by atoms with E-state index in [9.17, 15) is 9.18 Å². The number of esters is 1.